The van der Waals surface area contributed by atoms with Gasteiger partial charge >= 0.3 is 20.5 Å². The van der Waals surface area contributed by atoms with Crippen molar-refractivity contribution in [2.24, 2.45) is 0 Å². The standard InChI is InChI=1S/C16H30O6Si3/c1-7-15(17)19-11-9-13-23-21-25(5,6)22-24(3,4)14-10-12-20-16(18)8-2/h7-8H,1-2,9-14H2,3-6H3. The van der Waals surface area contributed by atoms with Crippen molar-refractivity contribution in [1.29, 1.82) is 0 Å². The van der Waals surface area contributed by atoms with Crippen molar-refractivity contribution < 1.29 is 27.3 Å². The average Bonchev–Trinajstić information content (AvgIpc) is 2.53. The highest BCUT2D eigenvalue weighted by Gasteiger charge is 2.34. The SMILES string of the molecule is C=CC(=O)OCCC[Si]O[Si](C)(C)O[Si](C)(C)CCCOC(=O)C=C. The van der Waals surface area contributed by atoms with Gasteiger partial charge in [0.05, 0.1) is 13.2 Å². The van der Waals surface area contributed by atoms with Crippen LogP contribution in [0.15, 0.2) is 25.3 Å². The van der Waals surface area contributed by atoms with Crippen molar-refractivity contribution in [1.82, 2.24) is 0 Å². The molecule has 0 fully saturated rings. The second-order valence-corrected chi connectivity index (χ2v) is 15.7. The van der Waals surface area contributed by atoms with E-state index in [0.29, 0.717) is 23.0 Å². The Morgan fingerprint density at radius 2 is 1.48 bits per heavy atom. The van der Waals surface area contributed by atoms with Crippen LogP contribution in [-0.4, -0.2) is 51.8 Å². The highest BCUT2D eigenvalue weighted by Crippen LogP contribution is 2.21. The second-order valence-electron chi connectivity index (χ2n) is 6.46. The first-order valence-electron chi connectivity index (χ1n) is 8.31. The van der Waals surface area contributed by atoms with E-state index in [2.05, 4.69) is 26.3 Å². The van der Waals surface area contributed by atoms with Crippen LogP contribution in [0.4, 0.5) is 0 Å². The topological polar surface area (TPSA) is 71.1 Å². The Morgan fingerprint density at radius 3 is 2.00 bits per heavy atom. The molecule has 0 rings (SSSR count). The summed E-state index contributed by atoms with van der Waals surface area (Å²) >= 11 is 0. The molecule has 0 unspecified atom stereocenters. The summed E-state index contributed by atoms with van der Waals surface area (Å²) in [6.45, 7) is 15.9. The fraction of sp³-hybridized carbons (Fsp3) is 0.625. The van der Waals surface area contributed by atoms with E-state index in [1.807, 2.05) is 13.1 Å². The summed E-state index contributed by atoms with van der Waals surface area (Å²) < 4.78 is 22.2. The van der Waals surface area contributed by atoms with Crippen molar-refractivity contribution in [3.8, 4) is 0 Å². The Bertz CT molecular complexity index is 451. The van der Waals surface area contributed by atoms with E-state index in [4.69, 9.17) is 17.7 Å². The number of rotatable bonds is 14. The van der Waals surface area contributed by atoms with E-state index in [1.54, 1.807) is 0 Å². The van der Waals surface area contributed by atoms with Crippen LogP contribution in [0.25, 0.3) is 0 Å². The minimum atomic E-state index is -2.19. The van der Waals surface area contributed by atoms with E-state index in [9.17, 15) is 9.59 Å². The van der Waals surface area contributed by atoms with Gasteiger partial charge in [0.25, 0.3) is 0 Å². The summed E-state index contributed by atoms with van der Waals surface area (Å²) in [5.41, 5.74) is 0. The fourth-order valence-electron chi connectivity index (χ4n) is 2.07. The number of ether oxygens (including phenoxy) is 2. The van der Waals surface area contributed by atoms with Gasteiger partial charge in [0.2, 0.25) is 9.76 Å². The van der Waals surface area contributed by atoms with E-state index >= 15 is 0 Å². The second kappa shape index (κ2) is 12.4. The highest BCUT2D eigenvalue weighted by molar-refractivity contribution is 6.83. The van der Waals surface area contributed by atoms with Crippen LogP contribution >= 0.6 is 0 Å². The molecule has 2 radical (unpaired) electrons. The summed E-state index contributed by atoms with van der Waals surface area (Å²) in [6, 6.07) is 1.74. The Labute approximate surface area is 155 Å². The lowest BCUT2D eigenvalue weighted by Gasteiger charge is -2.33. The summed E-state index contributed by atoms with van der Waals surface area (Å²) in [4.78, 5) is 21.9. The molecule has 0 aromatic heterocycles. The van der Waals surface area contributed by atoms with Crippen molar-refractivity contribution in [3.05, 3.63) is 25.3 Å². The molecule has 0 aliphatic rings. The lowest BCUT2D eigenvalue weighted by Crippen LogP contribution is -2.47. The predicted octanol–water partition coefficient (Wildman–Crippen LogP) is 3.20. The monoisotopic (exact) mass is 402 g/mol. The number of carbonyl (C=O) groups is 2. The molecule has 0 aromatic rings. The van der Waals surface area contributed by atoms with Gasteiger partial charge in [0, 0.05) is 12.2 Å². The van der Waals surface area contributed by atoms with Gasteiger partial charge in [-0.2, -0.15) is 0 Å². The molecule has 0 saturated heterocycles. The third kappa shape index (κ3) is 13.9. The van der Waals surface area contributed by atoms with Gasteiger partial charge in [0.15, 0.2) is 8.32 Å². The maximum Gasteiger partial charge on any atom is 0.330 e. The number of esters is 2. The first-order chi connectivity index (χ1) is 11.6. The third-order valence-corrected chi connectivity index (χ3v) is 11.8. The summed E-state index contributed by atoms with van der Waals surface area (Å²) in [5, 5.41) is 0. The van der Waals surface area contributed by atoms with Crippen LogP contribution in [0.3, 0.4) is 0 Å². The molecule has 0 saturated carbocycles. The Hall–Kier alpha value is -1.01. The lowest BCUT2D eigenvalue weighted by atomic mass is 10.5. The zero-order valence-corrected chi connectivity index (χ0v) is 18.8. The molecule has 0 spiro atoms. The Morgan fingerprint density at radius 1 is 0.960 bits per heavy atom. The summed E-state index contributed by atoms with van der Waals surface area (Å²) in [5.74, 6) is -0.785. The van der Waals surface area contributed by atoms with Crippen molar-refractivity contribution in [2.75, 3.05) is 13.2 Å². The maximum absolute atomic E-state index is 11.0. The molecule has 0 aliphatic heterocycles. The molecule has 9 heteroatoms. The van der Waals surface area contributed by atoms with Gasteiger partial charge in [-0.05, 0) is 51.1 Å². The molecule has 0 atom stereocenters. The average molecular weight is 403 g/mol. The minimum absolute atomic E-state index is 0.334. The van der Waals surface area contributed by atoms with Crippen LogP contribution in [0.5, 0.6) is 0 Å². The highest BCUT2D eigenvalue weighted by atomic mass is 28.5. The third-order valence-electron chi connectivity index (χ3n) is 3.01. The van der Waals surface area contributed by atoms with Crippen LogP contribution in [-0.2, 0) is 27.3 Å². The van der Waals surface area contributed by atoms with E-state index in [1.165, 1.54) is 6.08 Å². The van der Waals surface area contributed by atoms with Crippen molar-refractivity contribution in [3.63, 3.8) is 0 Å². The van der Waals surface area contributed by atoms with E-state index in [0.717, 1.165) is 31.0 Å². The van der Waals surface area contributed by atoms with Gasteiger partial charge in [-0.15, -0.1) is 0 Å². The molecule has 0 aliphatic carbocycles. The summed E-state index contributed by atoms with van der Waals surface area (Å²) in [7, 11) is -3.73. The van der Waals surface area contributed by atoms with Gasteiger partial charge in [-0.3, -0.25) is 0 Å². The quantitative estimate of drug-likeness (QED) is 0.192. The molecule has 0 heterocycles. The van der Waals surface area contributed by atoms with Crippen LogP contribution < -0.4 is 0 Å². The maximum atomic E-state index is 11.0. The van der Waals surface area contributed by atoms with Crippen LogP contribution in [0.1, 0.15) is 12.8 Å². The van der Waals surface area contributed by atoms with Gasteiger partial charge in [0.1, 0.15) is 0 Å². The molecular formula is C16H30O6Si3. The Balaban J connectivity index is 3.97. The zero-order valence-electron chi connectivity index (χ0n) is 15.8. The first-order valence-corrected chi connectivity index (χ1v) is 15.4. The number of carbonyl (C=O) groups excluding carboxylic acids is 2. The lowest BCUT2D eigenvalue weighted by molar-refractivity contribution is -0.138. The smallest absolute Gasteiger partial charge is 0.330 e. The Kier molecular flexibility index (Phi) is 11.9. The van der Waals surface area contributed by atoms with Crippen molar-refractivity contribution >= 4 is 38.6 Å². The molecule has 0 bridgehead atoms. The van der Waals surface area contributed by atoms with E-state index < -0.39 is 28.8 Å². The molecule has 25 heavy (non-hydrogen) atoms. The van der Waals surface area contributed by atoms with Crippen LogP contribution in [0.2, 0.25) is 38.3 Å². The van der Waals surface area contributed by atoms with E-state index in [-0.39, 0.29) is 0 Å². The number of hydrogen-bond acceptors (Lipinski definition) is 6. The molecule has 0 aromatic carbocycles. The van der Waals surface area contributed by atoms with Gasteiger partial charge < -0.3 is 17.7 Å². The summed E-state index contributed by atoms with van der Waals surface area (Å²) in [6.07, 6.45) is 3.87. The van der Waals surface area contributed by atoms with Crippen LogP contribution in [0, 0.1) is 0 Å². The minimum Gasteiger partial charge on any atom is -0.463 e. The van der Waals surface area contributed by atoms with Gasteiger partial charge in [-0.25, -0.2) is 9.59 Å². The molecular weight excluding hydrogens is 372 g/mol. The fourth-order valence-corrected chi connectivity index (χ4v) is 11.4. The molecule has 142 valence electrons. The van der Waals surface area contributed by atoms with Gasteiger partial charge in [-0.1, -0.05) is 13.2 Å². The predicted molar refractivity (Wildman–Crippen MR) is 104 cm³/mol. The number of hydrogen-bond donors (Lipinski definition) is 0. The largest absolute Gasteiger partial charge is 0.463 e. The normalized spacial score (nSPS) is 11.7. The molecule has 6 nitrogen and oxygen atoms in total. The molecule has 0 amide bonds. The zero-order chi connectivity index (χ0) is 19.3. The van der Waals surface area contributed by atoms with Crippen molar-refractivity contribution in [2.45, 2.75) is 51.1 Å². The first kappa shape index (κ1) is 24.0. The molecule has 0 N–H and O–H groups in total.